The van der Waals surface area contributed by atoms with Gasteiger partial charge in [-0.15, -0.1) is 0 Å². The molecule has 4 nitrogen and oxygen atoms in total. The molecule has 0 heterocycles. The lowest BCUT2D eigenvalue weighted by Gasteiger charge is -2.09. The van der Waals surface area contributed by atoms with Gasteiger partial charge in [0.05, 0.1) is 6.10 Å². The topological polar surface area (TPSA) is 77.8 Å². The number of aliphatic carboxylic acids is 1. The van der Waals surface area contributed by atoms with Crippen molar-refractivity contribution in [2.75, 3.05) is 0 Å². The van der Waals surface area contributed by atoms with E-state index >= 15 is 0 Å². The summed E-state index contributed by atoms with van der Waals surface area (Å²) in [5.41, 5.74) is 0. The Balaban J connectivity index is 3.73. The second-order valence-electron chi connectivity index (χ2n) is 6.25. The maximum Gasteiger partial charge on any atom is 0.328 e. The quantitative estimate of drug-likeness (QED) is 0.153. The van der Waals surface area contributed by atoms with Gasteiger partial charge in [0, 0.05) is 6.08 Å². The minimum atomic E-state index is -1.00. The van der Waals surface area contributed by atoms with Crippen LogP contribution in [0.4, 0.5) is 0 Å². The fourth-order valence-corrected chi connectivity index (χ4v) is 2.33. The highest BCUT2D eigenvalue weighted by molar-refractivity contribution is 5.80. The number of hydrogen-bond acceptors (Lipinski definition) is 3. The van der Waals surface area contributed by atoms with Gasteiger partial charge in [0.1, 0.15) is 5.76 Å². The molecule has 3 N–H and O–H groups in total. The Morgan fingerprint density at radius 2 is 1.54 bits per heavy atom. The van der Waals surface area contributed by atoms with Crippen molar-refractivity contribution >= 4 is 5.97 Å². The molecule has 146 valence electrons. The second kappa shape index (κ2) is 17.7. The third kappa shape index (κ3) is 18.3. The number of aliphatic hydroxyl groups excluding tert-OH is 2. The van der Waals surface area contributed by atoms with Gasteiger partial charge < -0.3 is 15.3 Å². The fraction of sp³-hybridized carbons (Fsp3) is 0.500. The van der Waals surface area contributed by atoms with Crippen LogP contribution >= 0.6 is 0 Å². The van der Waals surface area contributed by atoms with E-state index in [4.69, 9.17) is 5.11 Å². The molecule has 0 spiro atoms. The second-order valence-corrected chi connectivity index (χ2v) is 6.25. The van der Waals surface area contributed by atoms with Gasteiger partial charge in [-0.05, 0) is 37.8 Å². The van der Waals surface area contributed by atoms with Crippen LogP contribution in [0.25, 0.3) is 0 Å². The smallest absolute Gasteiger partial charge is 0.328 e. The van der Waals surface area contributed by atoms with E-state index in [-0.39, 0.29) is 11.9 Å². The van der Waals surface area contributed by atoms with Crippen molar-refractivity contribution in [3.05, 3.63) is 60.4 Å². The third-order valence-corrected chi connectivity index (χ3v) is 3.79. The number of aliphatic hydroxyl groups is 2. The SMILES string of the molecule is CCCCCC(O)CCCCCC=CC=CC(O)=CC=CC=CC(=O)O. The van der Waals surface area contributed by atoms with Crippen molar-refractivity contribution in [3.63, 3.8) is 0 Å². The number of carbonyl (C=O) groups is 1. The van der Waals surface area contributed by atoms with Gasteiger partial charge in [0.2, 0.25) is 0 Å². The van der Waals surface area contributed by atoms with Gasteiger partial charge in [-0.2, -0.15) is 0 Å². The van der Waals surface area contributed by atoms with E-state index in [9.17, 15) is 15.0 Å². The minimum Gasteiger partial charge on any atom is -0.508 e. The predicted octanol–water partition coefficient (Wildman–Crippen LogP) is 5.63. The molecule has 1 atom stereocenters. The lowest BCUT2D eigenvalue weighted by molar-refractivity contribution is -0.131. The highest BCUT2D eigenvalue weighted by Crippen LogP contribution is 2.11. The Kier molecular flexibility index (Phi) is 16.3. The molecular formula is C22H34O4. The molecule has 0 aromatic heterocycles. The molecule has 0 aromatic carbocycles. The van der Waals surface area contributed by atoms with Crippen LogP contribution in [0.3, 0.4) is 0 Å². The fourth-order valence-electron chi connectivity index (χ4n) is 2.33. The molecule has 0 aliphatic heterocycles. The summed E-state index contributed by atoms with van der Waals surface area (Å²) in [6.45, 7) is 2.17. The third-order valence-electron chi connectivity index (χ3n) is 3.79. The monoisotopic (exact) mass is 362 g/mol. The Bertz CT molecular complexity index is 498. The molecule has 0 fully saturated rings. The van der Waals surface area contributed by atoms with Crippen LogP contribution in [0.2, 0.25) is 0 Å². The largest absolute Gasteiger partial charge is 0.508 e. The number of carboxylic acid groups (broad SMARTS) is 1. The van der Waals surface area contributed by atoms with E-state index in [1.165, 1.54) is 31.1 Å². The lowest BCUT2D eigenvalue weighted by atomic mass is 10.0. The first-order valence-electron chi connectivity index (χ1n) is 9.54. The van der Waals surface area contributed by atoms with E-state index in [0.717, 1.165) is 51.0 Å². The zero-order chi connectivity index (χ0) is 19.5. The normalized spacial score (nSPS) is 14.3. The summed E-state index contributed by atoms with van der Waals surface area (Å²) in [6, 6.07) is 0. The van der Waals surface area contributed by atoms with Crippen molar-refractivity contribution in [3.8, 4) is 0 Å². The van der Waals surface area contributed by atoms with E-state index in [1.54, 1.807) is 18.2 Å². The van der Waals surface area contributed by atoms with Crippen LogP contribution in [0.1, 0.15) is 64.7 Å². The number of hydrogen-bond donors (Lipinski definition) is 3. The lowest BCUT2D eigenvalue weighted by Crippen LogP contribution is -2.05. The zero-order valence-electron chi connectivity index (χ0n) is 15.9. The molecule has 0 aromatic rings. The van der Waals surface area contributed by atoms with Crippen LogP contribution in [0.5, 0.6) is 0 Å². The highest BCUT2D eigenvalue weighted by Gasteiger charge is 2.02. The molecule has 0 bridgehead atoms. The molecule has 0 amide bonds. The van der Waals surface area contributed by atoms with Gasteiger partial charge in [-0.3, -0.25) is 0 Å². The number of carboxylic acids is 1. The Labute approximate surface area is 157 Å². The van der Waals surface area contributed by atoms with Crippen molar-refractivity contribution < 1.29 is 20.1 Å². The standard InChI is InChI=1S/C22H34O4/c1-2-3-10-15-20(23)16-11-7-5-4-6-8-12-17-21(24)18-13-9-14-19-22(25)26/h6,8-9,12-14,17-20,23-24H,2-5,7,10-11,15-16H2,1H3,(H,25,26). The summed E-state index contributed by atoms with van der Waals surface area (Å²) in [4.78, 5) is 10.2. The first kappa shape index (κ1) is 23.9. The first-order valence-corrected chi connectivity index (χ1v) is 9.54. The van der Waals surface area contributed by atoms with Gasteiger partial charge in [0.15, 0.2) is 0 Å². The highest BCUT2D eigenvalue weighted by atomic mass is 16.4. The maximum absolute atomic E-state index is 10.2. The summed E-state index contributed by atoms with van der Waals surface area (Å²) in [5, 5.41) is 27.8. The summed E-state index contributed by atoms with van der Waals surface area (Å²) in [7, 11) is 0. The van der Waals surface area contributed by atoms with Crippen LogP contribution in [-0.2, 0) is 4.79 Å². The van der Waals surface area contributed by atoms with Crippen LogP contribution < -0.4 is 0 Å². The van der Waals surface area contributed by atoms with Crippen molar-refractivity contribution in [1.29, 1.82) is 0 Å². The van der Waals surface area contributed by atoms with E-state index < -0.39 is 5.97 Å². The van der Waals surface area contributed by atoms with Crippen LogP contribution in [0, 0.1) is 0 Å². The molecule has 1 unspecified atom stereocenters. The summed E-state index contributed by atoms with van der Waals surface area (Å²) < 4.78 is 0. The molecule has 0 saturated carbocycles. The summed E-state index contributed by atoms with van der Waals surface area (Å²) >= 11 is 0. The molecule has 0 aliphatic rings. The van der Waals surface area contributed by atoms with Crippen molar-refractivity contribution in [2.24, 2.45) is 0 Å². The zero-order valence-corrected chi connectivity index (χ0v) is 15.9. The number of allylic oxidation sites excluding steroid dienone is 8. The molecule has 0 saturated heterocycles. The Morgan fingerprint density at radius 1 is 0.846 bits per heavy atom. The predicted molar refractivity (Wildman–Crippen MR) is 108 cm³/mol. The minimum absolute atomic E-state index is 0.103. The molecular weight excluding hydrogens is 328 g/mol. The van der Waals surface area contributed by atoms with E-state index in [0.29, 0.717) is 0 Å². The van der Waals surface area contributed by atoms with E-state index in [1.807, 2.05) is 6.08 Å². The number of unbranched alkanes of at least 4 members (excludes halogenated alkanes) is 5. The van der Waals surface area contributed by atoms with Gasteiger partial charge in [0.25, 0.3) is 0 Å². The molecule has 0 aliphatic carbocycles. The van der Waals surface area contributed by atoms with Crippen LogP contribution in [0.15, 0.2) is 60.4 Å². The van der Waals surface area contributed by atoms with Crippen molar-refractivity contribution in [2.45, 2.75) is 70.8 Å². The van der Waals surface area contributed by atoms with Gasteiger partial charge >= 0.3 is 5.97 Å². The molecule has 0 rings (SSSR count). The molecule has 0 radical (unpaired) electrons. The van der Waals surface area contributed by atoms with Gasteiger partial charge in [-0.25, -0.2) is 4.79 Å². The van der Waals surface area contributed by atoms with Crippen LogP contribution in [-0.4, -0.2) is 27.4 Å². The summed E-state index contributed by atoms with van der Waals surface area (Å²) in [6.07, 6.45) is 23.8. The first-order chi connectivity index (χ1) is 12.6. The Hall–Kier alpha value is -2.07. The maximum atomic E-state index is 10.2. The average Bonchev–Trinajstić information content (AvgIpc) is 2.60. The van der Waals surface area contributed by atoms with Crippen molar-refractivity contribution in [1.82, 2.24) is 0 Å². The van der Waals surface area contributed by atoms with E-state index in [2.05, 4.69) is 13.0 Å². The number of rotatable bonds is 15. The van der Waals surface area contributed by atoms with Gasteiger partial charge in [-0.1, -0.05) is 75.5 Å². The molecule has 4 heteroatoms. The molecule has 26 heavy (non-hydrogen) atoms. The average molecular weight is 363 g/mol. The summed E-state index contributed by atoms with van der Waals surface area (Å²) in [5.74, 6) is -0.900. The Morgan fingerprint density at radius 3 is 2.23 bits per heavy atom.